The molecule has 0 spiro atoms. The lowest BCUT2D eigenvalue weighted by molar-refractivity contribution is 0.0772. The molecule has 1 saturated heterocycles. The lowest BCUT2D eigenvalue weighted by Crippen LogP contribution is -2.48. The highest BCUT2D eigenvalue weighted by molar-refractivity contribution is 6.30. The number of benzene rings is 1. The number of hydrogen-bond acceptors (Lipinski definition) is 5. The van der Waals surface area contributed by atoms with E-state index in [1.807, 2.05) is 0 Å². The van der Waals surface area contributed by atoms with Gasteiger partial charge in [-0.2, -0.15) is 0 Å². The molecular weight excluding hydrogens is 349 g/mol. The average Bonchev–Trinajstić information content (AvgIpc) is 3.06. The molecule has 3 rings (SSSR count). The first-order valence-electron chi connectivity index (χ1n) is 8.12. The fraction of sp³-hybridized carbons (Fsp3) is 0.412. The molecule has 0 saturated carbocycles. The molecule has 1 fully saturated rings. The average molecular weight is 368 g/mol. The molecule has 0 unspecified atom stereocenters. The Hall–Kier alpha value is -2.12. The number of piperazine rings is 1. The number of hydrogen-bond donors (Lipinski definition) is 0. The molecule has 1 aromatic heterocycles. The van der Waals surface area contributed by atoms with E-state index < -0.39 is 5.82 Å². The van der Waals surface area contributed by atoms with Crippen LogP contribution in [0, 0.1) is 5.82 Å². The maximum atomic E-state index is 13.9. The molecule has 0 atom stereocenters. The van der Waals surface area contributed by atoms with Crippen molar-refractivity contribution >= 4 is 17.7 Å². The van der Waals surface area contributed by atoms with Gasteiger partial charge in [0, 0.05) is 43.8 Å². The minimum Gasteiger partial charge on any atom is -0.450 e. The zero-order valence-corrected chi connectivity index (χ0v) is 14.6. The SMILES string of the molecule is CCOC(=O)N1CCN(Cc2cc(-c3cc(Cl)ccc3F)on2)CC1. The molecule has 134 valence electrons. The summed E-state index contributed by atoms with van der Waals surface area (Å²) in [7, 11) is 0. The summed E-state index contributed by atoms with van der Waals surface area (Å²) in [5.74, 6) is -0.0599. The Balaban J connectivity index is 1.59. The molecule has 1 amide bonds. The number of carbonyl (C=O) groups excluding carboxylic acids is 1. The quantitative estimate of drug-likeness (QED) is 0.828. The summed E-state index contributed by atoms with van der Waals surface area (Å²) in [5, 5.41) is 4.44. The van der Waals surface area contributed by atoms with Crippen molar-refractivity contribution in [3.05, 3.63) is 40.8 Å². The molecule has 0 aliphatic carbocycles. The highest BCUT2D eigenvalue weighted by Crippen LogP contribution is 2.27. The minimum atomic E-state index is -0.407. The summed E-state index contributed by atoms with van der Waals surface area (Å²) in [5.41, 5.74) is 0.998. The second-order valence-electron chi connectivity index (χ2n) is 5.77. The van der Waals surface area contributed by atoms with Crippen molar-refractivity contribution < 1.29 is 18.4 Å². The van der Waals surface area contributed by atoms with Crippen molar-refractivity contribution in [2.75, 3.05) is 32.8 Å². The predicted molar refractivity (Wildman–Crippen MR) is 90.8 cm³/mol. The van der Waals surface area contributed by atoms with Crippen LogP contribution in [0.1, 0.15) is 12.6 Å². The summed E-state index contributed by atoms with van der Waals surface area (Å²) < 4.78 is 24.2. The van der Waals surface area contributed by atoms with Gasteiger partial charge in [0.2, 0.25) is 0 Å². The van der Waals surface area contributed by atoms with Crippen LogP contribution in [0.15, 0.2) is 28.8 Å². The molecule has 8 heteroatoms. The van der Waals surface area contributed by atoms with Gasteiger partial charge in [-0.1, -0.05) is 16.8 Å². The number of nitrogens with zero attached hydrogens (tertiary/aromatic N) is 3. The Morgan fingerprint density at radius 2 is 2.08 bits per heavy atom. The maximum absolute atomic E-state index is 13.9. The summed E-state index contributed by atoms with van der Waals surface area (Å²) in [4.78, 5) is 15.5. The molecular formula is C17H19ClFN3O3. The lowest BCUT2D eigenvalue weighted by Gasteiger charge is -2.33. The summed E-state index contributed by atoms with van der Waals surface area (Å²) in [6.07, 6.45) is -0.276. The standard InChI is InChI=1S/C17H19ClFN3O3/c1-2-24-17(23)22-7-5-21(6-8-22)11-13-10-16(25-20-13)14-9-12(18)3-4-15(14)19/h3-4,9-10H,2,5-8,11H2,1H3. The van der Waals surface area contributed by atoms with Crippen LogP contribution < -0.4 is 0 Å². The van der Waals surface area contributed by atoms with Gasteiger partial charge < -0.3 is 14.2 Å². The summed E-state index contributed by atoms with van der Waals surface area (Å²) in [6, 6.07) is 6.01. The summed E-state index contributed by atoms with van der Waals surface area (Å²) in [6.45, 7) is 5.38. The van der Waals surface area contributed by atoms with E-state index in [-0.39, 0.29) is 6.09 Å². The van der Waals surface area contributed by atoms with E-state index in [0.717, 1.165) is 0 Å². The Kier molecular flexibility index (Phi) is 5.55. The Morgan fingerprint density at radius 1 is 1.32 bits per heavy atom. The molecule has 1 aliphatic rings. The third-order valence-electron chi connectivity index (χ3n) is 4.04. The highest BCUT2D eigenvalue weighted by atomic mass is 35.5. The first-order valence-corrected chi connectivity index (χ1v) is 8.49. The minimum absolute atomic E-state index is 0.276. The Labute approximate surface area is 150 Å². The van der Waals surface area contributed by atoms with Gasteiger partial charge in [0.15, 0.2) is 5.76 Å². The molecule has 0 bridgehead atoms. The van der Waals surface area contributed by atoms with Gasteiger partial charge in [-0.15, -0.1) is 0 Å². The van der Waals surface area contributed by atoms with E-state index in [2.05, 4.69) is 10.1 Å². The molecule has 2 aromatic rings. The third kappa shape index (κ3) is 4.29. The Morgan fingerprint density at radius 3 is 2.80 bits per heavy atom. The van der Waals surface area contributed by atoms with Gasteiger partial charge in [-0.25, -0.2) is 9.18 Å². The maximum Gasteiger partial charge on any atom is 0.409 e. The van der Waals surface area contributed by atoms with E-state index in [0.29, 0.717) is 61.4 Å². The molecule has 0 N–H and O–H groups in total. The summed E-state index contributed by atoms with van der Waals surface area (Å²) >= 11 is 5.91. The largest absolute Gasteiger partial charge is 0.450 e. The monoisotopic (exact) mass is 367 g/mol. The van der Waals surface area contributed by atoms with Crippen molar-refractivity contribution in [1.82, 2.24) is 15.0 Å². The van der Waals surface area contributed by atoms with E-state index >= 15 is 0 Å². The first kappa shape index (κ1) is 17.7. The van der Waals surface area contributed by atoms with Crippen LogP contribution in [0.25, 0.3) is 11.3 Å². The van der Waals surface area contributed by atoms with E-state index in [4.69, 9.17) is 20.9 Å². The normalized spacial score (nSPS) is 15.4. The van der Waals surface area contributed by atoms with Crippen LogP contribution in [0.5, 0.6) is 0 Å². The van der Waals surface area contributed by atoms with Gasteiger partial charge in [-0.05, 0) is 25.1 Å². The zero-order chi connectivity index (χ0) is 17.8. The van der Waals surface area contributed by atoms with Crippen molar-refractivity contribution in [3.63, 3.8) is 0 Å². The fourth-order valence-corrected chi connectivity index (χ4v) is 2.90. The number of rotatable bonds is 4. The van der Waals surface area contributed by atoms with Crippen LogP contribution >= 0.6 is 11.6 Å². The van der Waals surface area contributed by atoms with Gasteiger partial charge in [-0.3, -0.25) is 4.90 Å². The number of amides is 1. The first-order chi connectivity index (χ1) is 12.1. The second-order valence-corrected chi connectivity index (χ2v) is 6.21. The third-order valence-corrected chi connectivity index (χ3v) is 4.27. The van der Waals surface area contributed by atoms with Crippen molar-refractivity contribution in [2.45, 2.75) is 13.5 Å². The van der Waals surface area contributed by atoms with Crippen LogP contribution in [0.3, 0.4) is 0 Å². The molecule has 2 heterocycles. The highest BCUT2D eigenvalue weighted by Gasteiger charge is 2.23. The molecule has 25 heavy (non-hydrogen) atoms. The van der Waals surface area contributed by atoms with Gasteiger partial charge in [0.1, 0.15) is 5.82 Å². The van der Waals surface area contributed by atoms with Crippen LogP contribution in [-0.4, -0.2) is 53.8 Å². The van der Waals surface area contributed by atoms with Crippen LogP contribution in [0.2, 0.25) is 5.02 Å². The lowest BCUT2D eigenvalue weighted by atomic mass is 10.1. The number of aromatic nitrogens is 1. The van der Waals surface area contributed by atoms with Gasteiger partial charge >= 0.3 is 6.09 Å². The van der Waals surface area contributed by atoms with E-state index in [9.17, 15) is 9.18 Å². The van der Waals surface area contributed by atoms with Crippen molar-refractivity contribution in [2.24, 2.45) is 0 Å². The van der Waals surface area contributed by atoms with Gasteiger partial charge in [0.25, 0.3) is 0 Å². The fourth-order valence-electron chi connectivity index (χ4n) is 2.73. The topological polar surface area (TPSA) is 58.8 Å². The van der Waals surface area contributed by atoms with Crippen LogP contribution in [-0.2, 0) is 11.3 Å². The zero-order valence-electron chi connectivity index (χ0n) is 13.9. The van der Waals surface area contributed by atoms with Gasteiger partial charge in [0.05, 0.1) is 17.9 Å². The number of carbonyl (C=O) groups is 1. The van der Waals surface area contributed by atoms with Crippen LogP contribution in [0.4, 0.5) is 9.18 Å². The van der Waals surface area contributed by atoms with E-state index in [1.165, 1.54) is 18.2 Å². The van der Waals surface area contributed by atoms with Crippen molar-refractivity contribution in [1.29, 1.82) is 0 Å². The van der Waals surface area contributed by atoms with E-state index in [1.54, 1.807) is 17.9 Å². The molecule has 6 nitrogen and oxygen atoms in total. The van der Waals surface area contributed by atoms with Crippen molar-refractivity contribution in [3.8, 4) is 11.3 Å². The molecule has 1 aromatic carbocycles. The predicted octanol–water partition coefficient (Wildman–Crippen LogP) is 3.41. The number of halogens is 2. The Bertz CT molecular complexity index is 744. The smallest absolute Gasteiger partial charge is 0.409 e. The number of ether oxygens (including phenoxy) is 1. The molecule has 0 radical (unpaired) electrons. The molecule has 1 aliphatic heterocycles. The second kappa shape index (κ2) is 7.84.